The minimum atomic E-state index is -4.39. The van der Waals surface area contributed by atoms with Gasteiger partial charge in [0.25, 0.3) is 0 Å². The summed E-state index contributed by atoms with van der Waals surface area (Å²) < 4.78 is 38.8. The smallest absolute Gasteiger partial charge is 0.341 e. The van der Waals surface area contributed by atoms with Crippen LogP contribution in [-0.4, -0.2) is 33.0 Å². The molecule has 1 aliphatic heterocycles. The van der Waals surface area contributed by atoms with E-state index in [9.17, 15) is 13.2 Å². The summed E-state index contributed by atoms with van der Waals surface area (Å²) in [5, 5.41) is 3.76. The summed E-state index contributed by atoms with van der Waals surface area (Å²) >= 11 is 1.48. The van der Waals surface area contributed by atoms with Crippen molar-refractivity contribution in [1.82, 2.24) is 19.9 Å². The number of benzene rings is 1. The fourth-order valence-electron chi connectivity index (χ4n) is 3.07. The lowest BCUT2D eigenvalue weighted by atomic mass is 10.1. The van der Waals surface area contributed by atoms with Gasteiger partial charge < -0.3 is 4.90 Å². The van der Waals surface area contributed by atoms with Crippen LogP contribution in [0.3, 0.4) is 0 Å². The third kappa shape index (κ3) is 4.93. The topological polar surface area (TPSA) is 66.8 Å². The Hall–Kier alpha value is -3.01. The second kappa shape index (κ2) is 8.39. The van der Waals surface area contributed by atoms with E-state index in [2.05, 4.69) is 30.2 Å². The van der Waals surface area contributed by atoms with Crippen LogP contribution in [0.1, 0.15) is 34.7 Å². The molecule has 0 amide bonds. The lowest BCUT2D eigenvalue weighted by Crippen LogP contribution is -2.21. The number of anilines is 3. The zero-order chi connectivity index (χ0) is 21.1. The molecule has 0 saturated carbocycles. The van der Waals surface area contributed by atoms with Gasteiger partial charge in [0.05, 0.1) is 5.56 Å². The largest absolute Gasteiger partial charge is 0.416 e. The molecule has 1 aliphatic rings. The first-order valence-corrected chi connectivity index (χ1v) is 10.2. The summed E-state index contributed by atoms with van der Waals surface area (Å²) in [6, 6.07) is 5.12. The lowest BCUT2D eigenvalue weighted by molar-refractivity contribution is -0.137. The first-order chi connectivity index (χ1) is 14.4. The van der Waals surface area contributed by atoms with Gasteiger partial charge in [-0.3, -0.25) is 5.32 Å². The molecule has 0 spiro atoms. The molecule has 156 valence electrons. The van der Waals surface area contributed by atoms with Crippen LogP contribution in [0.25, 0.3) is 12.2 Å². The van der Waals surface area contributed by atoms with E-state index in [1.54, 1.807) is 24.4 Å². The number of hydrogen-bond acceptors (Lipinski definition) is 7. The highest BCUT2D eigenvalue weighted by Crippen LogP contribution is 2.30. The van der Waals surface area contributed by atoms with Gasteiger partial charge in [-0.05, 0) is 43.5 Å². The van der Waals surface area contributed by atoms with Crippen molar-refractivity contribution >= 4 is 40.5 Å². The number of nitrogens with one attached hydrogen (secondary N) is 1. The number of thiazole rings is 1. The van der Waals surface area contributed by atoms with Crippen LogP contribution in [0.2, 0.25) is 0 Å². The Morgan fingerprint density at radius 1 is 1.10 bits per heavy atom. The Bertz CT molecular complexity index is 1060. The van der Waals surface area contributed by atoms with E-state index in [1.165, 1.54) is 17.4 Å². The monoisotopic (exact) mass is 432 g/mol. The molecular formula is C20H19F3N6S. The summed E-state index contributed by atoms with van der Waals surface area (Å²) in [6.07, 6.45) is 2.66. The number of alkyl halides is 3. The fraction of sp³-hybridized carbons (Fsp3) is 0.300. The van der Waals surface area contributed by atoms with Gasteiger partial charge >= 0.3 is 6.18 Å². The molecule has 0 atom stereocenters. The molecule has 0 aliphatic carbocycles. The highest BCUT2D eigenvalue weighted by molar-refractivity contribution is 7.15. The molecule has 4 rings (SSSR count). The van der Waals surface area contributed by atoms with Gasteiger partial charge in [0.1, 0.15) is 0 Å². The molecule has 3 heterocycles. The van der Waals surface area contributed by atoms with Crippen LogP contribution < -0.4 is 10.2 Å². The number of aryl methyl sites for hydroxylation is 1. The quantitative estimate of drug-likeness (QED) is 0.600. The van der Waals surface area contributed by atoms with Crippen molar-refractivity contribution in [3.05, 3.63) is 52.3 Å². The van der Waals surface area contributed by atoms with E-state index >= 15 is 0 Å². The molecule has 30 heavy (non-hydrogen) atoms. The van der Waals surface area contributed by atoms with Crippen LogP contribution in [-0.2, 0) is 6.18 Å². The van der Waals surface area contributed by atoms with E-state index < -0.39 is 11.7 Å². The zero-order valence-electron chi connectivity index (χ0n) is 16.1. The highest BCUT2D eigenvalue weighted by atomic mass is 32.1. The SMILES string of the molecule is Cc1cnc(Nc2nc(/C=C/c3cccc(C(F)(F)F)c3)nc(N3CCCC3)n2)s1. The molecule has 3 aromatic rings. The molecule has 1 saturated heterocycles. The second-order valence-corrected chi connectivity index (χ2v) is 8.10. The maximum Gasteiger partial charge on any atom is 0.416 e. The van der Waals surface area contributed by atoms with Crippen molar-refractivity contribution in [2.24, 2.45) is 0 Å². The number of hydrogen-bond donors (Lipinski definition) is 1. The summed E-state index contributed by atoms with van der Waals surface area (Å²) in [7, 11) is 0. The predicted molar refractivity (Wildman–Crippen MR) is 112 cm³/mol. The van der Waals surface area contributed by atoms with Crippen LogP contribution in [0.4, 0.5) is 30.2 Å². The summed E-state index contributed by atoms with van der Waals surface area (Å²) in [5.74, 6) is 1.26. The van der Waals surface area contributed by atoms with Gasteiger partial charge in [0.2, 0.25) is 11.9 Å². The first kappa shape index (κ1) is 20.3. The van der Waals surface area contributed by atoms with Crippen molar-refractivity contribution in [1.29, 1.82) is 0 Å². The van der Waals surface area contributed by atoms with E-state index in [-0.39, 0.29) is 0 Å². The Labute approximate surface area is 175 Å². The van der Waals surface area contributed by atoms with Gasteiger partial charge in [-0.2, -0.15) is 28.1 Å². The third-order valence-corrected chi connectivity index (χ3v) is 5.34. The van der Waals surface area contributed by atoms with Crippen LogP contribution in [0, 0.1) is 6.92 Å². The number of halogens is 3. The van der Waals surface area contributed by atoms with E-state index in [1.807, 2.05) is 6.92 Å². The Morgan fingerprint density at radius 3 is 2.60 bits per heavy atom. The van der Waals surface area contributed by atoms with Crippen LogP contribution in [0.5, 0.6) is 0 Å². The number of aromatic nitrogens is 4. The summed E-state index contributed by atoms with van der Waals surface area (Å²) in [4.78, 5) is 20.8. The normalized spacial score (nSPS) is 14.6. The molecule has 0 bridgehead atoms. The Balaban J connectivity index is 1.63. The Kier molecular flexibility index (Phi) is 5.67. The minimum Gasteiger partial charge on any atom is -0.341 e. The van der Waals surface area contributed by atoms with Gasteiger partial charge in [-0.25, -0.2) is 4.98 Å². The molecule has 1 fully saturated rings. The number of rotatable bonds is 5. The molecule has 1 N–H and O–H groups in total. The summed E-state index contributed by atoms with van der Waals surface area (Å²) in [5.41, 5.74) is -0.280. The third-order valence-electron chi connectivity index (χ3n) is 4.51. The van der Waals surface area contributed by atoms with Crippen molar-refractivity contribution in [2.75, 3.05) is 23.3 Å². The van der Waals surface area contributed by atoms with E-state index in [4.69, 9.17) is 0 Å². The summed E-state index contributed by atoms with van der Waals surface area (Å²) in [6.45, 7) is 3.67. The first-order valence-electron chi connectivity index (χ1n) is 9.43. The maximum absolute atomic E-state index is 12.9. The standard InChI is InChI=1S/C20H19F3N6S/c1-13-12-24-19(30-13)28-17-25-16(26-18(27-17)29-9-2-3-10-29)8-7-14-5-4-6-15(11-14)20(21,22)23/h4-8,11-12H,2-3,9-10H2,1H3,(H,24,25,26,27,28)/b8-7+. The predicted octanol–water partition coefficient (Wildman–Crippen LogP) is 5.17. The molecule has 0 radical (unpaired) electrons. The van der Waals surface area contributed by atoms with Gasteiger partial charge in [0, 0.05) is 24.2 Å². The van der Waals surface area contributed by atoms with Gasteiger partial charge in [0.15, 0.2) is 11.0 Å². The minimum absolute atomic E-state index is 0.352. The molecule has 1 aromatic carbocycles. The van der Waals surface area contributed by atoms with Crippen molar-refractivity contribution < 1.29 is 13.2 Å². The second-order valence-electron chi connectivity index (χ2n) is 6.87. The van der Waals surface area contributed by atoms with E-state index in [0.29, 0.717) is 28.4 Å². The van der Waals surface area contributed by atoms with Crippen LogP contribution in [0.15, 0.2) is 30.5 Å². The molecule has 2 aromatic heterocycles. The Morgan fingerprint density at radius 2 is 1.90 bits per heavy atom. The average Bonchev–Trinajstić information content (AvgIpc) is 3.38. The van der Waals surface area contributed by atoms with Crippen molar-refractivity contribution in [2.45, 2.75) is 25.9 Å². The van der Waals surface area contributed by atoms with E-state index in [0.717, 1.165) is 42.9 Å². The van der Waals surface area contributed by atoms with Crippen LogP contribution >= 0.6 is 11.3 Å². The van der Waals surface area contributed by atoms with Crippen molar-refractivity contribution in [3.63, 3.8) is 0 Å². The number of nitrogens with zero attached hydrogens (tertiary/aromatic N) is 5. The molecular weight excluding hydrogens is 413 g/mol. The molecule has 10 heteroatoms. The fourth-order valence-corrected chi connectivity index (χ4v) is 3.73. The molecule has 0 unspecified atom stereocenters. The van der Waals surface area contributed by atoms with Gasteiger partial charge in [-0.1, -0.05) is 18.2 Å². The lowest BCUT2D eigenvalue weighted by Gasteiger charge is -2.16. The van der Waals surface area contributed by atoms with Crippen molar-refractivity contribution in [3.8, 4) is 0 Å². The average molecular weight is 432 g/mol. The molecule has 6 nitrogen and oxygen atoms in total. The zero-order valence-corrected chi connectivity index (χ0v) is 17.0. The van der Waals surface area contributed by atoms with Gasteiger partial charge in [-0.15, -0.1) is 11.3 Å². The maximum atomic E-state index is 12.9. The highest BCUT2D eigenvalue weighted by Gasteiger charge is 2.30.